The van der Waals surface area contributed by atoms with Gasteiger partial charge in [0.05, 0.1) is 18.6 Å². The summed E-state index contributed by atoms with van der Waals surface area (Å²) in [6.45, 7) is 2.46. The molecule has 0 spiro atoms. The maximum Gasteiger partial charge on any atom is 0.250 e. The van der Waals surface area contributed by atoms with Crippen molar-refractivity contribution in [2.24, 2.45) is 5.10 Å². The van der Waals surface area contributed by atoms with Crippen LogP contribution in [0.1, 0.15) is 12.5 Å². The predicted molar refractivity (Wildman–Crippen MR) is 136 cm³/mol. The molecule has 0 bridgehead atoms. The zero-order valence-electron chi connectivity index (χ0n) is 18.4. The molecule has 0 unspecified atom stereocenters. The van der Waals surface area contributed by atoms with Crippen LogP contribution in [-0.4, -0.2) is 39.2 Å². The van der Waals surface area contributed by atoms with Crippen molar-refractivity contribution in [3.8, 4) is 22.8 Å². The van der Waals surface area contributed by atoms with Crippen LogP contribution in [0.4, 0.5) is 0 Å². The van der Waals surface area contributed by atoms with E-state index in [4.69, 9.17) is 16.3 Å². The summed E-state index contributed by atoms with van der Waals surface area (Å²) in [5.74, 6) is 1.24. The summed E-state index contributed by atoms with van der Waals surface area (Å²) >= 11 is 7.35. The van der Waals surface area contributed by atoms with Crippen molar-refractivity contribution in [3.05, 3.63) is 89.4 Å². The maximum atomic E-state index is 12.4. The summed E-state index contributed by atoms with van der Waals surface area (Å²) in [6, 6.07) is 24.7. The zero-order chi connectivity index (χ0) is 23.8. The Morgan fingerprint density at radius 1 is 1.06 bits per heavy atom. The highest BCUT2D eigenvalue weighted by molar-refractivity contribution is 7.99. The van der Waals surface area contributed by atoms with Gasteiger partial charge in [-0.1, -0.05) is 65.8 Å². The number of carbonyl (C=O) groups is 1. The van der Waals surface area contributed by atoms with Crippen LogP contribution in [-0.2, 0) is 4.79 Å². The fourth-order valence-electron chi connectivity index (χ4n) is 3.17. The molecule has 0 aliphatic carbocycles. The molecule has 3 aromatic carbocycles. The van der Waals surface area contributed by atoms with Crippen molar-refractivity contribution in [1.29, 1.82) is 0 Å². The van der Waals surface area contributed by atoms with Crippen molar-refractivity contribution in [1.82, 2.24) is 20.2 Å². The fourth-order valence-corrected chi connectivity index (χ4v) is 4.04. The van der Waals surface area contributed by atoms with Gasteiger partial charge in [0, 0.05) is 21.8 Å². The topological polar surface area (TPSA) is 81.4 Å². The smallest absolute Gasteiger partial charge is 0.250 e. The molecule has 0 aliphatic rings. The lowest BCUT2D eigenvalue weighted by Crippen LogP contribution is -2.20. The molecular weight excluding hydrogens is 470 g/mol. The van der Waals surface area contributed by atoms with Gasteiger partial charge in [0.1, 0.15) is 5.75 Å². The number of hydrazone groups is 1. The first-order valence-electron chi connectivity index (χ1n) is 10.6. The average Bonchev–Trinajstić information content (AvgIpc) is 3.29. The largest absolute Gasteiger partial charge is 0.493 e. The first kappa shape index (κ1) is 23.5. The highest BCUT2D eigenvalue weighted by atomic mass is 35.5. The van der Waals surface area contributed by atoms with Crippen LogP contribution >= 0.6 is 23.4 Å². The molecule has 1 aromatic heterocycles. The number of aromatic nitrogens is 3. The molecule has 1 amide bonds. The van der Waals surface area contributed by atoms with Crippen LogP contribution in [0.15, 0.2) is 89.1 Å². The van der Waals surface area contributed by atoms with Crippen molar-refractivity contribution in [2.75, 3.05) is 12.4 Å². The lowest BCUT2D eigenvalue weighted by atomic mass is 10.2. The number of ether oxygens (including phenoxy) is 1. The minimum Gasteiger partial charge on any atom is -0.493 e. The van der Waals surface area contributed by atoms with Gasteiger partial charge in [0.15, 0.2) is 11.0 Å². The van der Waals surface area contributed by atoms with Gasteiger partial charge in [0.25, 0.3) is 5.91 Å². The van der Waals surface area contributed by atoms with E-state index in [1.807, 2.05) is 90.4 Å². The number of nitrogens with one attached hydrogen (secondary N) is 1. The number of rotatable bonds is 9. The SMILES string of the molecule is CCOc1ccccc1C=NNC(=O)CSc1nnc(-c2ccccc2)n1-c1ccc(Cl)cc1. The van der Waals surface area contributed by atoms with Crippen LogP contribution in [0.5, 0.6) is 5.75 Å². The molecule has 34 heavy (non-hydrogen) atoms. The van der Waals surface area contributed by atoms with Crippen molar-refractivity contribution in [3.63, 3.8) is 0 Å². The number of hydrogen-bond acceptors (Lipinski definition) is 6. The Morgan fingerprint density at radius 2 is 1.79 bits per heavy atom. The third-order valence-electron chi connectivity index (χ3n) is 4.69. The Kier molecular flexibility index (Phi) is 7.95. The highest BCUT2D eigenvalue weighted by Gasteiger charge is 2.17. The van der Waals surface area contributed by atoms with Crippen LogP contribution < -0.4 is 10.2 Å². The van der Waals surface area contributed by atoms with Gasteiger partial charge in [0.2, 0.25) is 0 Å². The van der Waals surface area contributed by atoms with Gasteiger partial charge < -0.3 is 4.74 Å². The lowest BCUT2D eigenvalue weighted by molar-refractivity contribution is -0.118. The molecule has 1 heterocycles. The third-order valence-corrected chi connectivity index (χ3v) is 5.88. The summed E-state index contributed by atoms with van der Waals surface area (Å²) in [5.41, 5.74) is 5.10. The van der Waals surface area contributed by atoms with E-state index in [1.165, 1.54) is 11.8 Å². The second kappa shape index (κ2) is 11.5. The van der Waals surface area contributed by atoms with Crippen molar-refractivity contribution in [2.45, 2.75) is 12.1 Å². The standard InChI is InChI=1S/C25H22ClN5O2S/c1-2-33-22-11-7-6-10-19(22)16-27-28-23(32)17-34-25-30-29-24(18-8-4-3-5-9-18)31(25)21-14-12-20(26)13-15-21/h3-16H,2,17H2,1H3,(H,28,32). The average molecular weight is 492 g/mol. The maximum absolute atomic E-state index is 12.4. The van der Waals surface area contributed by atoms with E-state index < -0.39 is 0 Å². The summed E-state index contributed by atoms with van der Waals surface area (Å²) in [6.07, 6.45) is 1.57. The molecule has 0 aliphatic heterocycles. The van der Waals surface area contributed by atoms with Crippen molar-refractivity contribution >= 4 is 35.5 Å². The van der Waals surface area contributed by atoms with Gasteiger partial charge in [-0.25, -0.2) is 5.43 Å². The van der Waals surface area contributed by atoms with Crippen molar-refractivity contribution < 1.29 is 9.53 Å². The van der Waals surface area contributed by atoms with Gasteiger partial charge >= 0.3 is 0 Å². The Morgan fingerprint density at radius 3 is 2.56 bits per heavy atom. The summed E-state index contributed by atoms with van der Waals surface area (Å²) in [4.78, 5) is 12.4. The van der Waals surface area contributed by atoms with Crippen LogP contribution in [0.2, 0.25) is 5.02 Å². The molecule has 1 N–H and O–H groups in total. The van der Waals surface area contributed by atoms with Gasteiger partial charge in [-0.15, -0.1) is 10.2 Å². The van der Waals surface area contributed by atoms with Gasteiger partial charge in [-0.2, -0.15) is 5.10 Å². The van der Waals surface area contributed by atoms with E-state index >= 15 is 0 Å². The number of para-hydroxylation sites is 1. The Bertz CT molecular complexity index is 1280. The van der Waals surface area contributed by atoms with Gasteiger partial charge in [-0.3, -0.25) is 9.36 Å². The van der Waals surface area contributed by atoms with E-state index in [9.17, 15) is 4.79 Å². The van der Waals surface area contributed by atoms with E-state index in [-0.39, 0.29) is 11.7 Å². The minimum absolute atomic E-state index is 0.116. The summed E-state index contributed by atoms with van der Waals surface area (Å²) < 4.78 is 7.47. The second-order valence-corrected chi connectivity index (χ2v) is 8.42. The van der Waals surface area contributed by atoms with Crippen LogP contribution in [0.3, 0.4) is 0 Å². The molecule has 4 aromatic rings. The zero-order valence-corrected chi connectivity index (χ0v) is 20.0. The molecule has 0 radical (unpaired) electrons. The Hall–Kier alpha value is -3.62. The molecule has 172 valence electrons. The Balaban J connectivity index is 1.48. The van der Waals surface area contributed by atoms with Crippen LogP contribution in [0, 0.1) is 0 Å². The molecule has 0 saturated carbocycles. The quantitative estimate of drug-likeness (QED) is 0.197. The minimum atomic E-state index is -0.262. The van der Waals surface area contributed by atoms with Crippen LogP contribution in [0.25, 0.3) is 17.1 Å². The second-order valence-electron chi connectivity index (χ2n) is 7.04. The molecule has 9 heteroatoms. The predicted octanol–water partition coefficient (Wildman–Crippen LogP) is 5.23. The number of amides is 1. The first-order chi connectivity index (χ1) is 16.7. The molecular formula is C25H22ClN5O2S. The van der Waals surface area contributed by atoms with E-state index in [0.717, 1.165) is 16.8 Å². The lowest BCUT2D eigenvalue weighted by Gasteiger charge is -2.10. The Labute approximate surface area is 206 Å². The molecule has 0 fully saturated rings. The normalized spacial score (nSPS) is 11.0. The molecule has 0 atom stereocenters. The number of carbonyl (C=O) groups excluding carboxylic acids is 1. The third kappa shape index (κ3) is 5.84. The number of benzene rings is 3. The first-order valence-corrected chi connectivity index (χ1v) is 12.0. The number of thioether (sulfide) groups is 1. The monoisotopic (exact) mass is 491 g/mol. The highest BCUT2D eigenvalue weighted by Crippen LogP contribution is 2.28. The number of halogens is 1. The molecule has 4 rings (SSSR count). The number of nitrogens with zero attached hydrogens (tertiary/aromatic N) is 4. The van der Waals surface area contributed by atoms with Gasteiger partial charge in [-0.05, 0) is 43.3 Å². The summed E-state index contributed by atoms with van der Waals surface area (Å²) in [7, 11) is 0. The fraction of sp³-hybridized carbons (Fsp3) is 0.120. The molecule has 0 saturated heterocycles. The van der Waals surface area contributed by atoms with E-state index in [2.05, 4.69) is 20.7 Å². The summed E-state index contributed by atoms with van der Waals surface area (Å²) in [5, 5.41) is 14.0. The van der Waals surface area contributed by atoms with E-state index in [1.54, 1.807) is 6.21 Å². The number of hydrogen-bond donors (Lipinski definition) is 1. The molecule has 7 nitrogen and oxygen atoms in total. The van der Waals surface area contributed by atoms with E-state index in [0.29, 0.717) is 28.4 Å².